The minimum atomic E-state index is -0.0254. The summed E-state index contributed by atoms with van der Waals surface area (Å²) < 4.78 is 11.1. The van der Waals surface area contributed by atoms with Gasteiger partial charge in [-0.15, -0.1) is 0 Å². The molecular formula is C15H21ClN2O3. The van der Waals surface area contributed by atoms with E-state index in [9.17, 15) is 4.79 Å². The summed E-state index contributed by atoms with van der Waals surface area (Å²) in [5.74, 6) is 0.779. The van der Waals surface area contributed by atoms with Crippen LogP contribution in [0.15, 0.2) is 24.3 Å². The molecule has 1 aliphatic rings. The molecule has 1 N–H and O–H groups in total. The van der Waals surface area contributed by atoms with Crippen LogP contribution in [-0.4, -0.2) is 56.8 Å². The summed E-state index contributed by atoms with van der Waals surface area (Å²) >= 11 is 5.88. The van der Waals surface area contributed by atoms with E-state index in [1.165, 1.54) is 0 Å². The monoisotopic (exact) mass is 312 g/mol. The first-order valence-electron chi connectivity index (χ1n) is 7.10. The van der Waals surface area contributed by atoms with Crippen molar-refractivity contribution in [3.8, 4) is 5.75 Å². The number of rotatable bonds is 6. The van der Waals surface area contributed by atoms with E-state index in [1.807, 2.05) is 12.1 Å². The van der Waals surface area contributed by atoms with Crippen LogP contribution in [0.4, 0.5) is 0 Å². The number of nitrogens with one attached hydrogen (secondary N) is 1. The Balaban J connectivity index is 1.68. The third-order valence-corrected chi connectivity index (χ3v) is 3.56. The average molecular weight is 313 g/mol. The number of nitrogens with zero attached hydrogens (tertiary/aromatic N) is 1. The minimum absolute atomic E-state index is 0.0254. The predicted octanol–water partition coefficient (Wildman–Crippen LogP) is 1.56. The van der Waals surface area contributed by atoms with Gasteiger partial charge in [0.25, 0.3) is 0 Å². The molecule has 0 aliphatic carbocycles. The molecule has 1 fully saturated rings. The Labute approximate surface area is 130 Å². The van der Waals surface area contributed by atoms with Crippen molar-refractivity contribution in [2.75, 3.05) is 39.9 Å². The molecule has 1 unspecified atom stereocenters. The summed E-state index contributed by atoms with van der Waals surface area (Å²) in [4.78, 5) is 13.7. The summed E-state index contributed by atoms with van der Waals surface area (Å²) in [5.41, 5.74) is 0. The van der Waals surface area contributed by atoms with Crippen LogP contribution >= 0.6 is 11.6 Å². The topological polar surface area (TPSA) is 50.8 Å². The first-order valence-corrected chi connectivity index (χ1v) is 7.47. The smallest absolute Gasteiger partial charge is 0.225 e. The van der Waals surface area contributed by atoms with Gasteiger partial charge in [-0.2, -0.15) is 0 Å². The molecule has 0 radical (unpaired) electrons. The summed E-state index contributed by atoms with van der Waals surface area (Å²) in [7, 11) is 1.78. The molecular weight excluding hydrogens is 292 g/mol. The van der Waals surface area contributed by atoms with Gasteiger partial charge in [0.1, 0.15) is 12.4 Å². The highest BCUT2D eigenvalue weighted by Gasteiger charge is 2.19. The number of carbonyl (C=O) groups excluding carboxylic acids is 1. The summed E-state index contributed by atoms with van der Waals surface area (Å²) in [6.45, 7) is 3.23. The molecule has 116 valence electrons. The van der Waals surface area contributed by atoms with Gasteiger partial charge in [-0.1, -0.05) is 17.7 Å². The van der Waals surface area contributed by atoms with Crippen LogP contribution in [0, 0.1) is 0 Å². The number of benzene rings is 1. The van der Waals surface area contributed by atoms with Crippen LogP contribution in [-0.2, 0) is 9.53 Å². The van der Waals surface area contributed by atoms with Crippen molar-refractivity contribution in [2.24, 2.45) is 0 Å². The molecule has 0 spiro atoms. The van der Waals surface area contributed by atoms with Gasteiger partial charge in [0.05, 0.1) is 25.7 Å². The Morgan fingerprint density at radius 3 is 3.14 bits per heavy atom. The first kappa shape index (κ1) is 16.1. The van der Waals surface area contributed by atoms with Gasteiger partial charge in [-0.05, 0) is 18.2 Å². The van der Waals surface area contributed by atoms with Crippen molar-refractivity contribution in [2.45, 2.75) is 12.5 Å². The van der Waals surface area contributed by atoms with Crippen molar-refractivity contribution < 1.29 is 14.3 Å². The van der Waals surface area contributed by atoms with Crippen molar-refractivity contribution in [3.05, 3.63) is 29.3 Å². The number of amides is 1. The molecule has 1 atom stereocenters. The highest BCUT2D eigenvalue weighted by atomic mass is 35.5. The molecule has 1 aromatic rings. The van der Waals surface area contributed by atoms with Crippen molar-refractivity contribution in [1.82, 2.24) is 10.2 Å². The van der Waals surface area contributed by atoms with Gasteiger partial charge < -0.3 is 19.7 Å². The molecule has 1 aromatic carbocycles. The van der Waals surface area contributed by atoms with Gasteiger partial charge in [0.15, 0.2) is 0 Å². The van der Waals surface area contributed by atoms with Gasteiger partial charge >= 0.3 is 0 Å². The van der Waals surface area contributed by atoms with Crippen LogP contribution in [0.2, 0.25) is 5.02 Å². The number of ether oxygens (including phenoxy) is 2. The molecule has 2 rings (SSSR count). The molecule has 0 bridgehead atoms. The second kappa shape index (κ2) is 8.22. The fourth-order valence-electron chi connectivity index (χ4n) is 2.08. The Morgan fingerprint density at radius 1 is 1.57 bits per heavy atom. The lowest BCUT2D eigenvalue weighted by molar-refractivity contribution is -0.133. The quantitative estimate of drug-likeness (QED) is 0.866. The minimum Gasteiger partial charge on any atom is -0.492 e. The van der Waals surface area contributed by atoms with E-state index >= 15 is 0 Å². The Bertz CT molecular complexity index is 464. The first-order chi connectivity index (χ1) is 10.1. The second-order valence-electron chi connectivity index (χ2n) is 5.02. The zero-order chi connectivity index (χ0) is 15.1. The number of halogens is 1. The van der Waals surface area contributed by atoms with Crippen LogP contribution in [0.25, 0.3) is 0 Å². The van der Waals surface area contributed by atoms with Crippen LogP contribution in [0.3, 0.4) is 0 Å². The lowest BCUT2D eigenvalue weighted by Gasteiger charge is -2.25. The van der Waals surface area contributed by atoms with E-state index in [-0.39, 0.29) is 12.0 Å². The SMILES string of the molecule is CN(CCOc1cccc(Cl)c1)C(=O)CC1CNCCO1. The standard InChI is InChI=1S/C15H21ClN2O3/c1-18(15(19)10-14-11-17-5-7-20-14)6-8-21-13-4-2-3-12(16)9-13/h2-4,9,14,17H,5-8,10-11H2,1H3. The molecule has 6 heteroatoms. The maximum atomic E-state index is 12.0. The van der Waals surface area contributed by atoms with Gasteiger partial charge in [0.2, 0.25) is 5.91 Å². The average Bonchev–Trinajstić information content (AvgIpc) is 2.48. The Kier molecular flexibility index (Phi) is 6.29. The second-order valence-corrected chi connectivity index (χ2v) is 5.46. The third kappa shape index (κ3) is 5.53. The van der Waals surface area contributed by atoms with Crippen molar-refractivity contribution >= 4 is 17.5 Å². The lowest BCUT2D eigenvalue weighted by atomic mass is 10.2. The van der Waals surface area contributed by atoms with E-state index < -0.39 is 0 Å². The molecule has 5 nitrogen and oxygen atoms in total. The number of hydrogen-bond donors (Lipinski definition) is 1. The van der Waals surface area contributed by atoms with Crippen LogP contribution in [0.5, 0.6) is 5.75 Å². The molecule has 21 heavy (non-hydrogen) atoms. The van der Waals surface area contributed by atoms with E-state index in [4.69, 9.17) is 21.1 Å². The summed E-state index contributed by atoms with van der Waals surface area (Å²) in [5, 5.41) is 3.85. The van der Waals surface area contributed by atoms with Gasteiger partial charge in [-0.25, -0.2) is 0 Å². The van der Waals surface area contributed by atoms with Gasteiger partial charge in [0, 0.05) is 25.2 Å². The van der Waals surface area contributed by atoms with E-state index in [0.717, 1.165) is 13.1 Å². The van der Waals surface area contributed by atoms with Crippen LogP contribution < -0.4 is 10.1 Å². The van der Waals surface area contributed by atoms with Crippen molar-refractivity contribution in [1.29, 1.82) is 0 Å². The fourth-order valence-corrected chi connectivity index (χ4v) is 2.26. The molecule has 1 amide bonds. The lowest BCUT2D eigenvalue weighted by Crippen LogP contribution is -2.42. The summed E-state index contributed by atoms with van der Waals surface area (Å²) in [6.07, 6.45) is 0.378. The number of hydrogen-bond acceptors (Lipinski definition) is 4. The maximum Gasteiger partial charge on any atom is 0.225 e. The number of likely N-dealkylation sites (N-methyl/N-ethyl adjacent to an activating group) is 1. The maximum absolute atomic E-state index is 12.0. The predicted molar refractivity (Wildman–Crippen MR) is 81.8 cm³/mol. The summed E-state index contributed by atoms with van der Waals surface area (Å²) in [6, 6.07) is 7.22. The van der Waals surface area contributed by atoms with Gasteiger partial charge in [-0.3, -0.25) is 4.79 Å². The van der Waals surface area contributed by atoms with E-state index in [0.29, 0.717) is 37.0 Å². The zero-order valence-electron chi connectivity index (χ0n) is 12.2. The Hall–Kier alpha value is -1.30. The fraction of sp³-hybridized carbons (Fsp3) is 0.533. The number of morpholine rings is 1. The molecule has 1 aliphatic heterocycles. The van der Waals surface area contributed by atoms with Crippen molar-refractivity contribution in [3.63, 3.8) is 0 Å². The molecule has 1 heterocycles. The normalized spacial score (nSPS) is 18.3. The Morgan fingerprint density at radius 2 is 2.43 bits per heavy atom. The molecule has 1 saturated heterocycles. The molecule has 0 saturated carbocycles. The molecule has 0 aromatic heterocycles. The zero-order valence-corrected chi connectivity index (χ0v) is 12.9. The van der Waals surface area contributed by atoms with E-state index in [2.05, 4.69) is 5.32 Å². The number of carbonyl (C=O) groups is 1. The highest BCUT2D eigenvalue weighted by Crippen LogP contribution is 2.16. The highest BCUT2D eigenvalue weighted by molar-refractivity contribution is 6.30. The third-order valence-electron chi connectivity index (χ3n) is 3.32. The van der Waals surface area contributed by atoms with Crippen LogP contribution in [0.1, 0.15) is 6.42 Å². The van der Waals surface area contributed by atoms with E-state index in [1.54, 1.807) is 24.1 Å². The largest absolute Gasteiger partial charge is 0.492 e.